The minimum atomic E-state index is -2.00. The summed E-state index contributed by atoms with van der Waals surface area (Å²) in [5, 5.41) is 71.2. The van der Waals surface area contributed by atoms with Gasteiger partial charge in [-0.15, -0.1) is 11.3 Å². The van der Waals surface area contributed by atoms with Crippen LogP contribution in [0.5, 0.6) is 5.75 Å². The molecule has 2 fully saturated rings. The predicted octanol–water partition coefficient (Wildman–Crippen LogP) is 8.39. The Labute approximate surface area is 831 Å². The maximum atomic E-state index is 15.1. The number of thiazole rings is 1. The molecular weight excluding hydrogens is 1850 g/mol. The molecule has 2 saturated heterocycles. The van der Waals surface area contributed by atoms with Gasteiger partial charge in [0.2, 0.25) is 24.0 Å². The number of piperidine rings is 1. The molecule has 11 N–H and O–H groups in total. The summed E-state index contributed by atoms with van der Waals surface area (Å²) in [6, 6.07) is 27.1. The number of benzene rings is 4. The van der Waals surface area contributed by atoms with Crippen LogP contribution < -0.4 is 36.6 Å². The third kappa shape index (κ3) is 40.5. The molecule has 14 atom stereocenters. The second-order valence-electron chi connectivity index (χ2n) is 35.7. The van der Waals surface area contributed by atoms with Gasteiger partial charge in [-0.2, -0.15) is 0 Å². The van der Waals surface area contributed by atoms with Gasteiger partial charge in [0.25, 0.3) is 11.8 Å². The molecule has 786 valence electrons. The topological polar surface area (TPSA) is 491 Å². The van der Waals surface area contributed by atoms with Gasteiger partial charge in [0, 0.05) is 75.0 Å². The van der Waals surface area contributed by atoms with E-state index >= 15 is 9.59 Å². The molecule has 40 heteroatoms. The first kappa shape index (κ1) is 117. The molecule has 0 radical (unpaired) electrons. The summed E-state index contributed by atoms with van der Waals surface area (Å²) in [5.74, 6) is -5.45. The van der Waals surface area contributed by atoms with Crippen molar-refractivity contribution in [1.82, 2.24) is 36.5 Å². The average molecular weight is 2000 g/mol. The SMILES string of the molecule is CCCNC(=O)[C@H](CCCCNC(=O)CCOCCOCCOCCOCCOCCOCCOCCOCCOCCOCCOCCOC(=O)Nc1cc(C[N+]2(C)CCCC[C@@H]2C(=O)N[C@H](C(=O)N(C)[C@H](C[C@@H](OCC)c2nc(C(=O)N[C@@H](Cc3ccccc3)C[C@H](C)C(=O)O)cs2)C(C)C)[C@@H](C)CC)ccc1O[C@@H]1O[C@H](C(=O)O)[C@@H](O)[C@H](O)[C@H]1O)NC(=O)OCC1c2ccccc2-c2ccccc21. The monoisotopic (exact) mass is 2000 g/mol. The van der Waals surface area contributed by atoms with Crippen LogP contribution in [0, 0.1) is 17.8 Å². The fourth-order valence-corrected chi connectivity index (χ4v) is 17.6. The highest BCUT2D eigenvalue weighted by molar-refractivity contribution is 7.09. The van der Waals surface area contributed by atoms with Crippen LogP contribution in [-0.2, 0) is 113 Å². The largest absolute Gasteiger partial charge is 0.481 e. The number of likely N-dealkylation sites (N-methyl/N-ethyl adjacent to an activating group) is 2. The molecule has 1 unspecified atom stereocenters. The molecule has 141 heavy (non-hydrogen) atoms. The number of quaternary nitrogens is 1. The second kappa shape index (κ2) is 65.0. The van der Waals surface area contributed by atoms with Gasteiger partial charge >= 0.3 is 24.1 Å². The van der Waals surface area contributed by atoms with Crippen molar-refractivity contribution < 1.29 is 149 Å². The number of aliphatic carboxylic acids is 2. The Morgan fingerprint density at radius 1 is 0.589 bits per heavy atom. The first-order chi connectivity index (χ1) is 68.1. The Balaban J connectivity index is 0.628. The van der Waals surface area contributed by atoms with Gasteiger partial charge in [0.1, 0.15) is 72.7 Å². The molecule has 3 heterocycles. The van der Waals surface area contributed by atoms with Crippen molar-refractivity contribution in [2.45, 2.75) is 205 Å². The van der Waals surface area contributed by atoms with Gasteiger partial charge in [-0.25, -0.2) is 19.4 Å². The number of amides is 7. The summed E-state index contributed by atoms with van der Waals surface area (Å²) in [6.45, 7) is 22.5. The molecule has 5 aromatic rings. The summed E-state index contributed by atoms with van der Waals surface area (Å²) >= 11 is 1.26. The van der Waals surface area contributed by atoms with Crippen LogP contribution in [0.15, 0.2) is 102 Å². The van der Waals surface area contributed by atoms with E-state index in [-0.39, 0.29) is 129 Å². The number of nitrogens with one attached hydrogen (secondary N) is 6. The van der Waals surface area contributed by atoms with Crippen LogP contribution in [-0.4, -0.2) is 353 Å². The van der Waals surface area contributed by atoms with Gasteiger partial charge in [-0.1, -0.05) is 127 Å². The molecule has 7 amide bonds. The van der Waals surface area contributed by atoms with Crippen LogP contribution >= 0.6 is 11.3 Å². The number of aromatic nitrogens is 1. The van der Waals surface area contributed by atoms with E-state index in [1.807, 2.05) is 103 Å². The van der Waals surface area contributed by atoms with Gasteiger partial charge in [0.05, 0.1) is 171 Å². The number of rotatable bonds is 72. The van der Waals surface area contributed by atoms with E-state index in [1.54, 1.807) is 36.4 Å². The smallest absolute Gasteiger partial charge is 0.411 e. The Morgan fingerprint density at radius 3 is 1.68 bits per heavy atom. The van der Waals surface area contributed by atoms with E-state index in [2.05, 4.69) is 56.2 Å². The van der Waals surface area contributed by atoms with Gasteiger partial charge in [0.15, 0.2) is 12.1 Å². The average Bonchev–Trinajstić information content (AvgIpc) is 1.15. The standard InChI is InChI=1S/C101H151N9O30S/c1-10-35-103-92(115)79(106-101(124)138-66-78-76-28-18-16-26-74(76)75-27-17-19-29-77(75)78)30-20-22-36-102-86(111)34-38-125-39-40-126-41-42-127-43-44-128-45-46-129-47-48-130-49-50-131-51-52-132-53-54-133-55-56-134-57-58-135-59-60-137-100(123)107-80-63-72(32-33-84(80)139-99-90(114)88(112)89(113)91(140-99)98(121)122)65-110(9)37-23-21-31-83(110)94(117)108-87(69(6)11-2)96(118)109(8)82(68(4)5)64-85(136-12-3)95-105-81(67-141-95)93(116)104-73(61-70(7)97(119)120)62-71-24-14-13-15-25-71/h13-19,24-29,32-33,63,67-70,73,78-79,82-83,85,87-91,99,112-114H,10-12,20-23,30-31,34-62,64-66H2,1-9H3,(H7-,102,103,104,106,107,108,111,115,116,117,119,120,121,122,123,124)/p+1/t69-,70-,73+,79-,82+,83+,85+,87-,88-,89-,90+,91-,99+,110?/m0/s1. The molecule has 1 aromatic heterocycles. The first-order valence-electron chi connectivity index (χ1n) is 49.4. The lowest BCUT2D eigenvalue weighted by atomic mass is 9.92. The Bertz CT molecular complexity index is 4480. The van der Waals surface area contributed by atoms with Crippen LogP contribution in [0.3, 0.4) is 0 Å². The van der Waals surface area contributed by atoms with Crippen LogP contribution in [0.25, 0.3) is 11.1 Å². The fraction of sp³-hybridized carbons (Fsp3) is 0.644. The maximum absolute atomic E-state index is 15.1. The molecule has 39 nitrogen and oxygen atoms in total. The first-order valence-corrected chi connectivity index (χ1v) is 50.3. The summed E-state index contributed by atoms with van der Waals surface area (Å²) < 4.78 is 90.5. The lowest BCUT2D eigenvalue weighted by molar-refractivity contribution is -0.942. The number of carbonyl (C=O) groups is 9. The number of carbonyl (C=O) groups excluding carboxylic acids is 7. The summed E-state index contributed by atoms with van der Waals surface area (Å²) in [7, 11) is 3.67. The lowest BCUT2D eigenvalue weighted by Crippen LogP contribution is -2.63. The molecule has 1 aliphatic carbocycles. The number of unbranched alkanes of at least 4 members (excludes halogenated alkanes) is 1. The molecular formula is C101H152N9O30S+. The van der Waals surface area contributed by atoms with Crippen molar-refractivity contribution in [3.8, 4) is 16.9 Å². The number of alkyl carbamates (subject to hydrolysis) is 1. The van der Waals surface area contributed by atoms with E-state index in [4.69, 9.17) is 80.8 Å². The molecule has 0 bridgehead atoms. The number of aliphatic hydroxyl groups is 3. The number of fused-ring (bicyclic) bond motifs is 3. The number of hydrogen-bond acceptors (Lipinski definition) is 30. The highest BCUT2D eigenvalue weighted by atomic mass is 32.1. The summed E-state index contributed by atoms with van der Waals surface area (Å²) in [5.41, 5.74) is 6.15. The quantitative estimate of drug-likeness (QED) is 0.0128. The Morgan fingerprint density at radius 2 is 1.14 bits per heavy atom. The summed E-state index contributed by atoms with van der Waals surface area (Å²) in [6.07, 6.45) is -5.99. The van der Waals surface area contributed by atoms with Crippen LogP contribution in [0.1, 0.15) is 169 Å². The van der Waals surface area contributed by atoms with Crippen molar-refractivity contribution in [2.75, 3.05) is 204 Å². The van der Waals surface area contributed by atoms with Crippen molar-refractivity contribution in [1.29, 1.82) is 0 Å². The van der Waals surface area contributed by atoms with Crippen molar-refractivity contribution in [2.24, 2.45) is 17.8 Å². The highest BCUT2D eigenvalue weighted by Crippen LogP contribution is 2.45. The van der Waals surface area contributed by atoms with E-state index in [1.165, 1.54) is 17.4 Å². The number of likely N-dealkylation sites (tertiary alicyclic amines) is 1. The van der Waals surface area contributed by atoms with Crippen molar-refractivity contribution >= 4 is 70.7 Å². The van der Waals surface area contributed by atoms with Crippen molar-refractivity contribution in [3.63, 3.8) is 0 Å². The summed E-state index contributed by atoms with van der Waals surface area (Å²) in [4.78, 5) is 126. The van der Waals surface area contributed by atoms with Gasteiger partial charge in [-0.3, -0.25) is 34.1 Å². The van der Waals surface area contributed by atoms with E-state index in [9.17, 15) is 59.1 Å². The van der Waals surface area contributed by atoms with Crippen LogP contribution in [0.2, 0.25) is 0 Å². The fourth-order valence-electron chi connectivity index (χ4n) is 16.7. The molecule has 3 aliphatic rings. The lowest BCUT2D eigenvalue weighted by Gasteiger charge is -2.44. The zero-order valence-electron chi connectivity index (χ0n) is 83.2. The number of aliphatic hydroxyl groups excluding tert-OH is 3. The number of carboxylic acids is 2. The van der Waals surface area contributed by atoms with E-state index < -0.39 is 103 Å². The molecule has 0 spiro atoms. The highest BCUT2D eigenvalue weighted by Gasteiger charge is 2.49. The van der Waals surface area contributed by atoms with E-state index in [0.29, 0.717) is 194 Å². The number of nitrogens with zero attached hydrogens (tertiary/aromatic N) is 3. The maximum Gasteiger partial charge on any atom is 0.411 e. The Kier molecular flexibility index (Phi) is 53.8. The molecule has 4 aromatic carbocycles. The molecule has 0 saturated carbocycles. The third-order valence-corrected chi connectivity index (χ3v) is 25.6. The number of ether oxygens (including phenoxy) is 16. The Hall–Kier alpha value is -9.54. The van der Waals surface area contributed by atoms with Crippen LogP contribution in [0.4, 0.5) is 15.3 Å². The zero-order chi connectivity index (χ0) is 102. The second-order valence-corrected chi connectivity index (χ2v) is 36.6. The number of anilines is 1. The van der Waals surface area contributed by atoms with Crippen molar-refractivity contribution in [3.05, 3.63) is 135 Å². The number of carboxylic acid groups (broad SMARTS) is 2. The third-order valence-electron chi connectivity index (χ3n) is 24.7. The predicted molar refractivity (Wildman–Crippen MR) is 521 cm³/mol. The number of hydrogen-bond donors (Lipinski definition) is 11. The molecule has 8 rings (SSSR count). The molecule has 2 aliphatic heterocycles. The minimum absolute atomic E-state index is 0.0122. The van der Waals surface area contributed by atoms with Gasteiger partial charge in [-0.05, 0) is 116 Å². The zero-order valence-corrected chi connectivity index (χ0v) is 84.0. The van der Waals surface area contributed by atoms with Gasteiger partial charge < -0.3 is 137 Å². The minimum Gasteiger partial charge on any atom is -0.481 e. The normalized spacial score (nSPS) is 18.8. The van der Waals surface area contributed by atoms with E-state index in [0.717, 1.165) is 47.1 Å².